The van der Waals surface area contributed by atoms with E-state index in [0.717, 1.165) is 60.9 Å². The summed E-state index contributed by atoms with van der Waals surface area (Å²) in [4.78, 5) is 17.2. The molecule has 3 rings (SSSR count). The number of benzene rings is 2. The van der Waals surface area contributed by atoms with Gasteiger partial charge >= 0.3 is 0 Å². The van der Waals surface area contributed by atoms with Gasteiger partial charge in [-0.3, -0.25) is 9.69 Å². The molecule has 2 aromatic rings. The first-order valence-corrected chi connectivity index (χ1v) is 12.8. The Hall–Kier alpha value is -2.53. The first-order chi connectivity index (χ1) is 16.4. The fourth-order valence-corrected chi connectivity index (χ4v) is 4.71. The number of carbonyl (C=O) groups is 1. The van der Waals surface area contributed by atoms with Crippen LogP contribution in [-0.2, 0) is 11.3 Å². The molecule has 0 aromatic heterocycles. The van der Waals surface area contributed by atoms with Crippen LogP contribution in [-0.4, -0.2) is 44.7 Å². The van der Waals surface area contributed by atoms with Gasteiger partial charge in [0, 0.05) is 25.7 Å². The van der Waals surface area contributed by atoms with Crippen molar-refractivity contribution in [2.75, 3.05) is 38.8 Å². The topological polar surface area (TPSA) is 42.0 Å². The molecule has 2 aromatic carbocycles. The van der Waals surface area contributed by atoms with Crippen LogP contribution < -0.4 is 14.4 Å². The lowest BCUT2D eigenvalue weighted by molar-refractivity contribution is -0.116. The first-order valence-electron chi connectivity index (χ1n) is 12.8. The summed E-state index contributed by atoms with van der Waals surface area (Å²) in [6, 6.07) is 12.6. The fourth-order valence-electron chi connectivity index (χ4n) is 4.71. The van der Waals surface area contributed by atoms with Crippen LogP contribution in [0.2, 0.25) is 0 Å². The average molecular weight is 467 g/mol. The third kappa shape index (κ3) is 6.99. The molecule has 1 amide bonds. The molecule has 1 aliphatic heterocycles. The van der Waals surface area contributed by atoms with E-state index in [1.54, 1.807) is 21.1 Å². The summed E-state index contributed by atoms with van der Waals surface area (Å²) in [5.41, 5.74) is 4.47. The predicted molar refractivity (Wildman–Crippen MR) is 141 cm³/mol. The second-order valence-corrected chi connectivity index (χ2v) is 9.81. The van der Waals surface area contributed by atoms with Crippen molar-refractivity contribution >= 4 is 11.6 Å². The van der Waals surface area contributed by atoms with Gasteiger partial charge in [-0.25, -0.2) is 0 Å². The van der Waals surface area contributed by atoms with Gasteiger partial charge in [-0.15, -0.1) is 0 Å². The van der Waals surface area contributed by atoms with Crippen molar-refractivity contribution in [3.05, 3.63) is 42.0 Å². The molecule has 0 atom stereocenters. The molecule has 0 saturated carbocycles. The van der Waals surface area contributed by atoms with Crippen LogP contribution in [0.15, 0.2) is 36.4 Å². The van der Waals surface area contributed by atoms with Gasteiger partial charge in [0.2, 0.25) is 5.91 Å². The van der Waals surface area contributed by atoms with Gasteiger partial charge in [-0.05, 0) is 79.2 Å². The third-order valence-electron chi connectivity index (χ3n) is 6.74. The summed E-state index contributed by atoms with van der Waals surface area (Å²) in [6.45, 7) is 10.1. The van der Waals surface area contributed by atoms with Crippen molar-refractivity contribution in [2.24, 2.45) is 5.92 Å². The minimum atomic E-state index is 0.117. The van der Waals surface area contributed by atoms with E-state index in [0.29, 0.717) is 5.92 Å². The quantitative estimate of drug-likeness (QED) is 0.485. The largest absolute Gasteiger partial charge is 0.493 e. The second-order valence-electron chi connectivity index (χ2n) is 9.81. The molecule has 0 fully saturated rings. The number of hydrogen-bond donors (Lipinski definition) is 0. The Morgan fingerprint density at radius 3 is 2.21 bits per heavy atom. The average Bonchev–Trinajstić information content (AvgIpc) is 2.82. The number of hydrogen-bond acceptors (Lipinski definition) is 4. The number of amides is 1. The van der Waals surface area contributed by atoms with Crippen molar-refractivity contribution < 1.29 is 14.3 Å². The van der Waals surface area contributed by atoms with E-state index in [1.807, 2.05) is 17.0 Å². The van der Waals surface area contributed by atoms with Gasteiger partial charge in [0.1, 0.15) is 0 Å². The number of fused-ring (bicyclic) bond motifs is 1. The Bertz CT molecular complexity index is 941. The van der Waals surface area contributed by atoms with E-state index in [2.05, 4.69) is 43.0 Å². The van der Waals surface area contributed by atoms with E-state index in [-0.39, 0.29) is 5.91 Å². The van der Waals surface area contributed by atoms with Crippen LogP contribution >= 0.6 is 0 Å². The van der Waals surface area contributed by atoms with Crippen LogP contribution in [0.3, 0.4) is 0 Å². The Morgan fingerprint density at radius 2 is 1.53 bits per heavy atom. The summed E-state index contributed by atoms with van der Waals surface area (Å²) >= 11 is 0. The van der Waals surface area contributed by atoms with Gasteiger partial charge in [0.25, 0.3) is 0 Å². The number of anilines is 1. The molecule has 186 valence electrons. The zero-order valence-corrected chi connectivity index (χ0v) is 21.7. The van der Waals surface area contributed by atoms with Crippen LogP contribution in [0.4, 0.5) is 5.69 Å². The molecule has 5 nitrogen and oxygen atoms in total. The second kappa shape index (κ2) is 12.8. The molecular formula is C29H42N2O3. The highest BCUT2D eigenvalue weighted by atomic mass is 16.5. The SMILES string of the molecule is COc1ccc(-c2ccc3c(c2)CN(CCC(C)C)CCCCCCCN3C(C)=O)cc1OC. The molecule has 1 heterocycles. The monoisotopic (exact) mass is 466 g/mol. The molecule has 0 N–H and O–H groups in total. The Morgan fingerprint density at radius 1 is 0.882 bits per heavy atom. The predicted octanol–water partition coefficient (Wildman–Crippen LogP) is 6.54. The molecular weight excluding hydrogens is 424 g/mol. The zero-order chi connectivity index (χ0) is 24.5. The minimum absolute atomic E-state index is 0.117. The summed E-state index contributed by atoms with van der Waals surface area (Å²) in [6.07, 6.45) is 7.15. The van der Waals surface area contributed by atoms with Crippen molar-refractivity contribution in [1.29, 1.82) is 0 Å². The summed E-state index contributed by atoms with van der Waals surface area (Å²) in [5.74, 6) is 2.23. The number of ether oxygens (including phenoxy) is 2. The van der Waals surface area contributed by atoms with Crippen molar-refractivity contribution in [2.45, 2.75) is 65.8 Å². The van der Waals surface area contributed by atoms with Crippen LogP contribution in [0.25, 0.3) is 11.1 Å². The molecule has 34 heavy (non-hydrogen) atoms. The minimum Gasteiger partial charge on any atom is -0.493 e. The zero-order valence-electron chi connectivity index (χ0n) is 21.7. The normalized spacial score (nSPS) is 15.9. The number of methoxy groups -OCH3 is 2. The van der Waals surface area contributed by atoms with E-state index in [4.69, 9.17) is 9.47 Å². The maximum atomic E-state index is 12.7. The highest BCUT2D eigenvalue weighted by Gasteiger charge is 2.19. The van der Waals surface area contributed by atoms with Crippen molar-refractivity contribution in [1.82, 2.24) is 4.90 Å². The maximum absolute atomic E-state index is 12.7. The standard InChI is InChI=1S/C29H42N2O3/c1-22(2)15-18-30-16-9-7-6-8-10-17-31(23(3)32)27-13-11-24(19-26(27)21-30)25-12-14-28(33-4)29(20-25)34-5/h11-14,19-20,22H,6-10,15-18,21H2,1-5H3. The molecule has 0 spiro atoms. The van der Waals surface area contributed by atoms with Crippen molar-refractivity contribution in [3.63, 3.8) is 0 Å². The molecule has 0 radical (unpaired) electrons. The summed E-state index contributed by atoms with van der Waals surface area (Å²) in [7, 11) is 3.32. The lowest BCUT2D eigenvalue weighted by Gasteiger charge is -2.29. The van der Waals surface area contributed by atoms with Gasteiger partial charge in [-0.1, -0.05) is 45.2 Å². The Balaban J connectivity index is 2.03. The first kappa shape index (κ1) is 26.1. The lowest BCUT2D eigenvalue weighted by atomic mass is 9.99. The van der Waals surface area contributed by atoms with E-state index < -0.39 is 0 Å². The highest BCUT2D eigenvalue weighted by Crippen LogP contribution is 2.35. The van der Waals surface area contributed by atoms with E-state index in [9.17, 15) is 4.79 Å². The van der Waals surface area contributed by atoms with Gasteiger partial charge in [0.05, 0.1) is 14.2 Å². The van der Waals surface area contributed by atoms with Gasteiger partial charge < -0.3 is 14.4 Å². The molecule has 1 aliphatic rings. The number of nitrogens with zero attached hydrogens (tertiary/aromatic N) is 2. The lowest BCUT2D eigenvalue weighted by Crippen LogP contribution is -2.33. The Kier molecular flexibility index (Phi) is 9.82. The highest BCUT2D eigenvalue weighted by molar-refractivity contribution is 5.92. The van der Waals surface area contributed by atoms with E-state index in [1.165, 1.54) is 37.7 Å². The van der Waals surface area contributed by atoms with Gasteiger partial charge in [0.15, 0.2) is 11.5 Å². The summed E-state index contributed by atoms with van der Waals surface area (Å²) in [5, 5.41) is 0. The molecule has 0 saturated heterocycles. The third-order valence-corrected chi connectivity index (χ3v) is 6.74. The molecule has 0 bridgehead atoms. The van der Waals surface area contributed by atoms with Gasteiger partial charge in [-0.2, -0.15) is 0 Å². The fraction of sp³-hybridized carbons (Fsp3) is 0.552. The van der Waals surface area contributed by atoms with Crippen LogP contribution in [0.1, 0.15) is 64.9 Å². The van der Waals surface area contributed by atoms with Crippen molar-refractivity contribution in [3.8, 4) is 22.6 Å². The van der Waals surface area contributed by atoms with Crippen LogP contribution in [0.5, 0.6) is 11.5 Å². The summed E-state index contributed by atoms with van der Waals surface area (Å²) < 4.78 is 11.0. The molecule has 0 aliphatic carbocycles. The maximum Gasteiger partial charge on any atom is 0.223 e. The molecule has 0 unspecified atom stereocenters. The molecule has 5 heteroatoms. The van der Waals surface area contributed by atoms with E-state index >= 15 is 0 Å². The van der Waals surface area contributed by atoms with Crippen LogP contribution in [0, 0.1) is 5.92 Å². The number of rotatable bonds is 6. The number of carbonyl (C=O) groups excluding carboxylic acids is 1. The Labute approximate surface area is 206 Å². The smallest absolute Gasteiger partial charge is 0.223 e.